The molecule has 2 atom stereocenters. The van der Waals surface area contributed by atoms with E-state index < -0.39 is 5.54 Å². The second kappa shape index (κ2) is 7.10. The van der Waals surface area contributed by atoms with Gasteiger partial charge in [0.1, 0.15) is 5.54 Å². The van der Waals surface area contributed by atoms with Gasteiger partial charge in [0, 0.05) is 18.6 Å². The monoisotopic (exact) mass is 296 g/mol. The predicted octanol–water partition coefficient (Wildman–Crippen LogP) is 2.57. The Bertz CT molecular complexity index is 355. The first-order valence-corrected chi connectivity index (χ1v) is 8.70. The maximum absolute atomic E-state index is 12.4. The van der Waals surface area contributed by atoms with Gasteiger partial charge in [0.05, 0.1) is 6.61 Å². The van der Waals surface area contributed by atoms with Gasteiger partial charge in [-0.15, -0.1) is 0 Å². The number of rotatable bonds is 8. The number of likely N-dealkylation sites (N-methyl/N-ethyl adjacent to an activating group) is 1. The minimum Gasteiger partial charge on any atom is -0.465 e. The Morgan fingerprint density at radius 1 is 1.33 bits per heavy atom. The first kappa shape index (κ1) is 16.8. The molecule has 2 rings (SSSR count). The van der Waals surface area contributed by atoms with Gasteiger partial charge in [0.2, 0.25) is 0 Å². The molecule has 4 nitrogen and oxygen atoms in total. The third-order valence-corrected chi connectivity index (χ3v) is 4.97. The molecule has 0 radical (unpaired) electrons. The highest BCUT2D eigenvalue weighted by molar-refractivity contribution is 5.81. The van der Waals surface area contributed by atoms with Crippen LogP contribution in [-0.2, 0) is 9.53 Å². The molecule has 0 aromatic carbocycles. The van der Waals surface area contributed by atoms with Crippen molar-refractivity contribution in [2.24, 2.45) is 5.92 Å². The molecule has 1 N–H and O–H groups in total. The minimum atomic E-state index is -0.452. The first-order valence-electron chi connectivity index (χ1n) is 8.70. The molecule has 0 spiro atoms. The Hall–Kier alpha value is -0.610. The number of hydrogen-bond acceptors (Lipinski definition) is 4. The van der Waals surface area contributed by atoms with E-state index in [2.05, 4.69) is 31.0 Å². The van der Waals surface area contributed by atoms with E-state index in [0.29, 0.717) is 18.7 Å². The molecule has 0 aliphatic heterocycles. The van der Waals surface area contributed by atoms with Crippen LogP contribution in [0.5, 0.6) is 0 Å². The summed E-state index contributed by atoms with van der Waals surface area (Å²) in [4.78, 5) is 15.0. The van der Waals surface area contributed by atoms with Gasteiger partial charge in [-0.05, 0) is 65.3 Å². The molecule has 0 aromatic heterocycles. The highest BCUT2D eigenvalue weighted by Crippen LogP contribution is 2.38. The van der Waals surface area contributed by atoms with Gasteiger partial charge in [0.25, 0.3) is 0 Å². The lowest BCUT2D eigenvalue weighted by Gasteiger charge is -2.34. The van der Waals surface area contributed by atoms with Crippen LogP contribution in [0, 0.1) is 5.92 Å². The summed E-state index contributed by atoms with van der Waals surface area (Å²) in [6.45, 7) is 11.0. The summed E-state index contributed by atoms with van der Waals surface area (Å²) in [5, 5.41) is 3.43. The number of ether oxygens (including phenoxy) is 1. The van der Waals surface area contributed by atoms with Crippen molar-refractivity contribution in [2.45, 2.75) is 77.4 Å². The molecular formula is C17H32N2O2. The molecule has 122 valence electrons. The van der Waals surface area contributed by atoms with Crippen LogP contribution >= 0.6 is 0 Å². The van der Waals surface area contributed by atoms with Crippen LogP contribution in [0.2, 0.25) is 0 Å². The van der Waals surface area contributed by atoms with Crippen LogP contribution in [0.4, 0.5) is 0 Å². The number of carbonyl (C=O) groups is 1. The molecule has 0 bridgehead atoms. The van der Waals surface area contributed by atoms with Crippen molar-refractivity contribution < 1.29 is 9.53 Å². The largest absolute Gasteiger partial charge is 0.465 e. The zero-order valence-corrected chi connectivity index (χ0v) is 14.2. The molecule has 2 aliphatic rings. The van der Waals surface area contributed by atoms with Gasteiger partial charge in [-0.1, -0.05) is 6.92 Å². The van der Waals surface area contributed by atoms with Crippen LogP contribution < -0.4 is 5.32 Å². The van der Waals surface area contributed by atoms with E-state index >= 15 is 0 Å². The number of hydrogen-bond donors (Lipinski definition) is 1. The van der Waals surface area contributed by atoms with Crippen LogP contribution in [0.25, 0.3) is 0 Å². The predicted molar refractivity (Wildman–Crippen MR) is 85.2 cm³/mol. The summed E-state index contributed by atoms with van der Waals surface area (Å²) in [6.07, 6.45) is 5.65. The molecule has 21 heavy (non-hydrogen) atoms. The van der Waals surface area contributed by atoms with Crippen molar-refractivity contribution >= 4 is 5.97 Å². The van der Waals surface area contributed by atoms with Crippen molar-refractivity contribution in [1.82, 2.24) is 10.2 Å². The van der Waals surface area contributed by atoms with E-state index in [1.54, 1.807) is 0 Å². The second-order valence-corrected chi connectivity index (χ2v) is 6.96. The summed E-state index contributed by atoms with van der Waals surface area (Å²) in [5.74, 6) is 0.841. The second-order valence-electron chi connectivity index (χ2n) is 6.96. The normalized spacial score (nSPS) is 29.3. The Morgan fingerprint density at radius 3 is 2.57 bits per heavy atom. The molecule has 0 aromatic rings. The summed E-state index contributed by atoms with van der Waals surface area (Å²) < 4.78 is 5.34. The van der Waals surface area contributed by atoms with Gasteiger partial charge in [-0.2, -0.15) is 0 Å². The fourth-order valence-electron chi connectivity index (χ4n) is 3.71. The molecule has 0 saturated heterocycles. The topological polar surface area (TPSA) is 41.6 Å². The highest BCUT2D eigenvalue weighted by Gasteiger charge is 2.48. The van der Waals surface area contributed by atoms with Gasteiger partial charge in [-0.3, -0.25) is 9.69 Å². The molecule has 2 saturated carbocycles. The Kier molecular flexibility index (Phi) is 5.67. The SMILES string of the molecule is CCNC1(C(=O)OCC)CCC(N(CC2CC2)C(C)C)C1. The van der Waals surface area contributed by atoms with Crippen LogP contribution in [0.1, 0.15) is 59.8 Å². The Balaban J connectivity index is 2.04. The maximum Gasteiger partial charge on any atom is 0.326 e. The highest BCUT2D eigenvalue weighted by atomic mass is 16.5. The third kappa shape index (κ3) is 3.98. The molecule has 2 unspecified atom stereocenters. The Labute approximate surface area is 129 Å². The smallest absolute Gasteiger partial charge is 0.326 e. The van der Waals surface area contributed by atoms with Crippen molar-refractivity contribution in [3.8, 4) is 0 Å². The van der Waals surface area contributed by atoms with Crippen molar-refractivity contribution in [3.63, 3.8) is 0 Å². The van der Waals surface area contributed by atoms with Crippen molar-refractivity contribution in [3.05, 3.63) is 0 Å². The molecular weight excluding hydrogens is 264 g/mol. The molecule has 2 fully saturated rings. The van der Waals surface area contributed by atoms with E-state index in [4.69, 9.17) is 4.74 Å². The van der Waals surface area contributed by atoms with Gasteiger partial charge < -0.3 is 10.1 Å². The van der Waals surface area contributed by atoms with Crippen molar-refractivity contribution in [2.75, 3.05) is 19.7 Å². The standard InChI is InChI=1S/C17H32N2O2/c1-5-18-17(16(20)21-6-2)10-9-15(11-17)19(13(3)4)12-14-7-8-14/h13-15,18H,5-12H2,1-4H3. The Morgan fingerprint density at radius 2 is 2.05 bits per heavy atom. The van der Waals surface area contributed by atoms with E-state index in [1.165, 1.54) is 19.4 Å². The van der Waals surface area contributed by atoms with Crippen LogP contribution in [-0.4, -0.2) is 48.2 Å². The fourth-order valence-corrected chi connectivity index (χ4v) is 3.71. The molecule has 0 heterocycles. The van der Waals surface area contributed by atoms with Gasteiger partial charge in [0.15, 0.2) is 0 Å². The van der Waals surface area contributed by atoms with Crippen molar-refractivity contribution in [1.29, 1.82) is 0 Å². The number of nitrogens with zero attached hydrogens (tertiary/aromatic N) is 1. The number of carbonyl (C=O) groups excluding carboxylic acids is 1. The van der Waals surface area contributed by atoms with E-state index in [0.717, 1.165) is 31.7 Å². The van der Waals surface area contributed by atoms with Gasteiger partial charge in [-0.25, -0.2) is 0 Å². The molecule has 0 amide bonds. The van der Waals surface area contributed by atoms with E-state index in [1.807, 2.05) is 6.92 Å². The van der Waals surface area contributed by atoms with Crippen LogP contribution in [0.3, 0.4) is 0 Å². The van der Waals surface area contributed by atoms with E-state index in [9.17, 15) is 4.79 Å². The zero-order chi connectivity index (χ0) is 15.5. The maximum atomic E-state index is 12.4. The zero-order valence-electron chi connectivity index (χ0n) is 14.2. The average molecular weight is 296 g/mol. The fraction of sp³-hybridized carbons (Fsp3) is 0.941. The number of nitrogens with one attached hydrogen (secondary N) is 1. The van der Waals surface area contributed by atoms with Crippen LogP contribution in [0.15, 0.2) is 0 Å². The molecule has 2 aliphatic carbocycles. The quantitative estimate of drug-likeness (QED) is 0.699. The summed E-state index contributed by atoms with van der Waals surface area (Å²) in [6, 6.07) is 1.06. The van der Waals surface area contributed by atoms with E-state index in [-0.39, 0.29) is 5.97 Å². The summed E-state index contributed by atoms with van der Waals surface area (Å²) in [7, 11) is 0. The lowest BCUT2D eigenvalue weighted by atomic mass is 9.96. The first-order chi connectivity index (χ1) is 10.0. The third-order valence-electron chi connectivity index (χ3n) is 4.97. The number of esters is 1. The lowest BCUT2D eigenvalue weighted by Crippen LogP contribution is -2.52. The summed E-state index contributed by atoms with van der Waals surface area (Å²) in [5.41, 5.74) is -0.452. The molecule has 4 heteroatoms. The average Bonchev–Trinajstić information content (AvgIpc) is 3.16. The van der Waals surface area contributed by atoms with Gasteiger partial charge >= 0.3 is 5.97 Å². The lowest BCUT2D eigenvalue weighted by molar-refractivity contribution is -0.151. The summed E-state index contributed by atoms with van der Waals surface area (Å²) >= 11 is 0. The minimum absolute atomic E-state index is 0.0514.